The maximum absolute atomic E-state index is 14.9. The molecule has 2 heterocycles. The van der Waals surface area contributed by atoms with Crippen LogP contribution in [0, 0.1) is 17.5 Å². The molecule has 0 bridgehead atoms. The monoisotopic (exact) mass is 461 g/mol. The fraction of sp³-hybridized carbons (Fsp3) is 0.136. The fourth-order valence-electron chi connectivity index (χ4n) is 3.62. The quantitative estimate of drug-likeness (QED) is 0.617. The molecule has 2 N–H and O–H groups in total. The van der Waals surface area contributed by atoms with Crippen molar-refractivity contribution in [2.45, 2.75) is 5.92 Å². The third kappa shape index (κ3) is 3.92. The first-order valence-electron chi connectivity index (χ1n) is 9.41. The van der Waals surface area contributed by atoms with E-state index >= 15 is 0 Å². The van der Waals surface area contributed by atoms with Crippen molar-refractivity contribution in [1.82, 2.24) is 4.98 Å². The van der Waals surface area contributed by atoms with E-state index in [2.05, 4.69) is 10.3 Å². The number of nitrogens with one attached hydrogen (secondary N) is 1. The number of hydrogen-bond donors (Lipinski definition) is 2. The van der Waals surface area contributed by atoms with Gasteiger partial charge >= 0.3 is 0 Å². The third-order valence-corrected chi connectivity index (χ3v) is 5.32. The van der Waals surface area contributed by atoms with Gasteiger partial charge in [-0.15, -0.1) is 0 Å². The van der Waals surface area contributed by atoms with E-state index in [4.69, 9.17) is 11.6 Å². The van der Waals surface area contributed by atoms with Crippen molar-refractivity contribution >= 4 is 34.8 Å². The Morgan fingerprint density at radius 1 is 1.16 bits per heavy atom. The van der Waals surface area contributed by atoms with E-state index in [-0.39, 0.29) is 33.2 Å². The number of nitrogens with zero attached hydrogens (tertiary/aromatic N) is 2. The van der Waals surface area contributed by atoms with Crippen LogP contribution in [0.4, 0.5) is 24.5 Å². The van der Waals surface area contributed by atoms with Crippen LogP contribution in [-0.4, -0.2) is 35.1 Å². The summed E-state index contributed by atoms with van der Waals surface area (Å²) in [5, 5.41) is 12.1. The Balaban J connectivity index is 1.77. The highest BCUT2D eigenvalue weighted by atomic mass is 35.5. The first kappa shape index (κ1) is 21.8. The van der Waals surface area contributed by atoms with Gasteiger partial charge in [-0.05, 0) is 30.3 Å². The second-order valence-corrected chi connectivity index (χ2v) is 7.46. The van der Waals surface area contributed by atoms with E-state index in [0.29, 0.717) is 6.07 Å². The highest BCUT2D eigenvalue weighted by Gasteiger charge is 2.37. The Morgan fingerprint density at radius 2 is 1.94 bits per heavy atom. The number of amides is 2. The molecule has 1 aliphatic heterocycles. The van der Waals surface area contributed by atoms with Crippen molar-refractivity contribution in [3.63, 3.8) is 0 Å². The highest BCUT2D eigenvalue weighted by molar-refractivity contribution is 6.30. The van der Waals surface area contributed by atoms with Gasteiger partial charge in [0.1, 0.15) is 29.9 Å². The van der Waals surface area contributed by atoms with Crippen LogP contribution in [-0.2, 0) is 9.59 Å². The standard InChI is InChI=1S/C22H15ClF3N3O3/c23-15-4-3-12(8-16(15)25)28-19(31)9-29-18-7-11(24)6-17(26)20(18)13-2-1-5-27-21(13)14(10-30)22(29)32/h1-8,14,30H,9-10H2,(H,28,31)/t14-/m1/s1. The van der Waals surface area contributed by atoms with Crippen LogP contribution < -0.4 is 10.2 Å². The summed E-state index contributed by atoms with van der Waals surface area (Å²) in [4.78, 5) is 30.9. The summed E-state index contributed by atoms with van der Waals surface area (Å²) in [6, 6.07) is 8.20. The largest absolute Gasteiger partial charge is 0.395 e. The van der Waals surface area contributed by atoms with Gasteiger partial charge in [-0.3, -0.25) is 14.6 Å². The molecule has 0 spiro atoms. The van der Waals surface area contributed by atoms with Crippen LogP contribution in [0.3, 0.4) is 0 Å². The summed E-state index contributed by atoms with van der Waals surface area (Å²) >= 11 is 5.63. The maximum Gasteiger partial charge on any atom is 0.244 e. The first-order chi connectivity index (χ1) is 15.3. The molecule has 2 aromatic carbocycles. The number of fused-ring (bicyclic) bond motifs is 3. The SMILES string of the molecule is O=C(CN1C(=O)[C@H](CO)c2ncccc2-c2c(F)cc(F)cc21)Nc1ccc(Cl)c(F)c1. The van der Waals surface area contributed by atoms with E-state index in [1.807, 2.05) is 0 Å². The van der Waals surface area contributed by atoms with Gasteiger partial charge in [-0.25, -0.2) is 13.2 Å². The zero-order chi connectivity index (χ0) is 23.0. The number of pyridine rings is 1. The predicted octanol–water partition coefficient (Wildman–Crippen LogP) is 3.88. The Kier molecular flexibility index (Phi) is 5.86. The zero-order valence-corrected chi connectivity index (χ0v) is 17.0. The molecule has 0 fully saturated rings. The number of carbonyl (C=O) groups is 2. The van der Waals surface area contributed by atoms with Crippen LogP contribution in [0.15, 0.2) is 48.7 Å². The maximum atomic E-state index is 14.9. The minimum atomic E-state index is -1.21. The van der Waals surface area contributed by atoms with E-state index in [1.165, 1.54) is 30.5 Å². The van der Waals surface area contributed by atoms with Gasteiger partial charge in [0, 0.05) is 29.1 Å². The fourth-order valence-corrected chi connectivity index (χ4v) is 3.73. The Hall–Kier alpha value is -3.43. The number of halogens is 4. The molecule has 10 heteroatoms. The summed E-state index contributed by atoms with van der Waals surface area (Å²) in [6.07, 6.45) is 1.38. The van der Waals surface area contributed by atoms with Crippen LogP contribution in [0.2, 0.25) is 5.02 Å². The van der Waals surface area contributed by atoms with Gasteiger partial charge in [0.2, 0.25) is 11.8 Å². The van der Waals surface area contributed by atoms with Gasteiger partial charge < -0.3 is 15.3 Å². The second-order valence-electron chi connectivity index (χ2n) is 7.05. The molecular weight excluding hydrogens is 447 g/mol. The van der Waals surface area contributed by atoms with Crippen molar-refractivity contribution in [2.24, 2.45) is 0 Å². The molecule has 32 heavy (non-hydrogen) atoms. The molecule has 1 atom stereocenters. The molecule has 1 aromatic heterocycles. The van der Waals surface area contributed by atoms with Gasteiger partial charge in [-0.2, -0.15) is 0 Å². The molecule has 3 aromatic rings. The predicted molar refractivity (Wildman–Crippen MR) is 112 cm³/mol. The zero-order valence-electron chi connectivity index (χ0n) is 16.3. The van der Waals surface area contributed by atoms with E-state index in [9.17, 15) is 27.9 Å². The summed E-state index contributed by atoms with van der Waals surface area (Å²) in [5.41, 5.74) is 0.0808. The lowest BCUT2D eigenvalue weighted by Gasteiger charge is -2.25. The van der Waals surface area contributed by atoms with Crippen molar-refractivity contribution in [3.05, 3.63) is 76.8 Å². The van der Waals surface area contributed by atoms with Crippen LogP contribution >= 0.6 is 11.6 Å². The number of hydrogen-bond acceptors (Lipinski definition) is 4. The average Bonchev–Trinajstić information content (AvgIpc) is 2.84. The molecule has 0 unspecified atom stereocenters. The van der Waals surface area contributed by atoms with Crippen molar-refractivity contribution in [3.8, 4) is 11.1 Å². The van der Waals surface area contributed by atoms with Gasteiger partial charge in [0.05, 0.1) is 23.0 Å². The second kappa shape index (κ2) is 8.60. The molecule has 0 aliphatic carbocycles. The molecule has 1 aliphatic rings. The minimum absolute atomic E-state index is 0.0773. The lowest BCUT2D eigenvalue weighted by atomic mass is 9.96. The Bertz CT molecular complexity index is 1240. The van der Waals surface area contributed by atoms with Crippen molar-refractivity contribution in [1.29, 1.82) is 0 Å². The summed E-state index contributed by atoms with van der Waals surface area (Å²) in [6.45, 7) is -1.31. The van der Waals surface area contributed by atoms with Crippen molar-refractivity contribution in [2.75, 3.05) is 23.4 Å². The number of aliphatic hydroxyl groups excluding tert-OH is 1. The highest BCUT2D eigenvalue weighted by Crippen LogP contribution is 2.42. The lowest BCUT2D eigenvalue weighted by molar-refractivity contribution is -0.123. The normalized spacial score (nSPS) is 15.1. The molecular formula is C22H15ClF3N3O3. The minimum Gasteiger partial charge on any atom is -0.395 e. The van der Waals surface area contributed by atoms with Gasteiger partial charge in [-0.1, -0.05) is 17.7 Å². The van der Waals surface area contributed by atoms with Gasteiger partial charge in [0.15, 0.2) is 0 Å². The molecule has 164 valence electrons. The van der Waals surface area contributed by atoms with E-state index in [1.54, 1.807) is 0 Å². The summed E-state index contributed by atoms with van der Waals surface area (Å²) < 4.78 is 42.7. The summed E-state index contributed by atoms with van der Waals surface area (Å²) in [5.74, 6) is -5.40. The number of aromatic nitrogens is 1. The third-order valence-electron chi connectivity index (χ3n) is 5.01. The van der Waals surface area contributed by atoms with E-state index in [0.717, 1.165) is 17.0 Å². The molecule has 0 saturated carbocycles. The topological polar surface area (TPSA) is 82.5 Å². The molecule has 4 rings (SSSR count). The average molecular weight is 462 g/mol. The smallest absolute Gasteiger partial charge is 0.244 e. The number of rotatable bonds is 4. The van der Waals surface area contributed by atoms with Crippen LogP contribution in [0.1, 0.15) is 11.6 Å². The molecule has 6 nitrogen and oxygen atoms in total. The number of anilines is 2. The van der Waals surface area contributed by atoms with Crippen molar-refractivity contribution < 1.29 is 27.9 Å². The number of carbonyl (C=O) groups excluding carboxylic acids is 2. The lowest BCUT2D eigenvalue weighted by Crippen LogP contribution is -2.41. The summed E-state index contributed by atoms with van der Waals surface area (Å²) in [7, 11) is 0. The molecule has 0 radical (unpaired) electrons. The number of benzene rings is 2. The number of aliphatic hydroxyl groups is 1. The van der Waals surface area contributed by atoms with Crippen LogP contribution in [0.5, 0.6) is 0 Å². The van der Waals surface area contributed by atoms with Crippen LogP contribution in [0.25, 0.3) is 11.1 Å². The molecule has 0 saturated heterocycles. The molecule has 2 amide bonds. The van der Waals surface area contributed by atoms with Gasteiger partial charge in [0.25, 0.3) is 0 Å². The Morgan fingerprint density at radius 3 is 2.66 bits per heavy atom. The van der Waals surface area contributed by atoms with E-state index < -0.39 is 48.3 Å². The first-order valence-corrected chi connectivity index (χ1v) is 9.79. The Labute approximate surface area is 185 Å².